The number of rotatable bonds is 4. The van der Waals surface area contributed by atoms with Gasteiger partial charge in [0.2, 0.25) is 0 Å². The summed E-state index contributed by atoms with van der Waals surface area (Å²) in [6.45, 7) is 3.99. The third-order valence-electron chi connectivity index (χ3n) is 2.25. The lowest BCUT2D eigenvalue weighted by atomic mass is 10.0. The molecule has 14 heavy (non-hydrogen) atoms. The Balaban J connectivity index is 2.99. The number of carbonyl (C=O) groups excluding carboxylic acids is 1. The molecule has 0 amide bonds. The fourth-order valence-corrected chi connectivity index (χ4v) is 1.39. The molecule has 0 heterocycles. The number of Topliss-reactive ketones (excluding diaryl/α,β-unsaturated/α-hetero) is 1. The van der Waals surface area contributed by atoms with Gasteiger partial charge in [-0.3, -0.25) is 4.79 Å². The number of aryl methyl sites for hydroxylation is 1. The van der Waals surface area contributed by atoms with Gasteiger partial charge in [0.05, 0.1) is 5.56 Å². The van der Waals surface area contributed by atoms with Gasteiger partial charge in [0.25, 0.3) is 0 Å². The van der Waals surface area contributed by atoms with E-state index in [0.29, 0.717) is 12.0 Å². The van der Waals surface area contributed by atoms with Crippen LogP contribution in [0.4, 0.5) is 0 Å². The van der Waals surface area contributed by atoms with Crippen LogP contribution in [0.5, 0.6) is 5.75 Å². The van der Waals surface area contributed by atoms with Crippen LogP contribution < -0.4 is 0 Å². The van der Waals surface area contributed by atoms with E-state index >= 15 is 0 Å². The van der Waals surface area contributed by atoms with Crippen molar-refractivity contribution in [3.05, 3.63) is 29.3 Å². The number of aromatic hydroxyl groups is 1. The molecule has 0 unspecified atom stereocenters. The Morgan fingerprint density at radius 2 is 2.07 bits per heavy atom. The monoisotopic (exact) mass is 192 g/mol. The highest BCUT2D eigenvalue weighted by Crippen LogP contribution is 2.20. The second-order valence-corrected chi connectivity index (χ2v) is 3.38. The number of phenols is 1. The molecular formula is C12H16O2. The molecule has 1 aromatic carbocycles. The largest absolute Gasteiger partial charge is 0.507 e. The van der Waals surface area contributed by atoms with Gasteiger partial charge in [-0.25, -0.2) is 0 Å². The summed E-state index contributed by atoms with van der Waals surface area (Å²) in [7, 11) is 0. The number of ketones is 1. The molecule has 2 heteroatoms. The maximum absolute atomic E-state index is 11.6. The van der Waals surface area contributed by atoms with Crippen molar-refractivity contribution in [2.45, 2.75) is 33.1 Å². The van der Waals surface area contributed by atoms with Crippen LogP contribution in [0.3, 0.4) is 0 Å². The van der Waals surface area contributed by atoms with Gasteiger partial charge >= 0.3 is 0 Å². The first-order valence-corrected chi connectivity index (χ1v) is 5.04. The van der Waals surface area contributed by atoms with Gasteiger partial charge < -0.3 is 5.11 Å². The van der Waals surface area contributed by atoms with Gasteiger partial charge in [0, 0.05) is 6.42 Å². The van der Waals surface area contributed by atoms with E-state index in [9.17, 15) is 9.90 Å². The summed E-state index contributed by atoms with van der Waals surface area (Å²) in [4.78, 5) is 11.6. The van der Waals surface area contributed by atoms with E-state index in [4.69, 9.17) is 0 Å². The first-order chi connectivity index (χ1) is 6.69. The first kappa shape index (κ1) is 10.8. The first-order valence-electron chi connectivity index (χ1n) is 5.04. The topological polar surface area (TPSA) is 37.3 Å². The van der Waals surface area contributed by atoms with Crippen molar-refractivity contribution in [3.8, 4) is 5.75 Å². The van der Waals surface area contributed by atoms with E-state index in [2.05, 4.69) is 0 Å². The highest BCUT2D eigenvalue weighted by atomic mass is 16.3. The van der Waals surface area contributed by atoms with E-state index in [-0.39, 0.29) is 11.5 Å². The Morgan fingerprint density at radius 1 is 1.36 bits per heavy atom. The van der Waals surface area contributed by atoms with Crippen LogP contribution in [0.15, 0.2) is 18.2 Å². The van der Waals surface area contributed by atoms with Crippen LogP contribution in [0.25, 0.3) is 0 Å². The van der Waals surface area contributed by atoms with E-state index in [1.165, 1.54) is 0 Å². The predicted octanol–water partition coefficient (Wildman–Crippen LogP) is 2.94. The molecule has 0 radical (unpaired) electrons. The molecule has 0 fully saturated rings. The summed E-state index contributed by atoms with van der Waals surface area (Å²) in [6, 6.07) is 5.23. The van der Waals surface area contributed by atoms with Crippen molar-refractivity contribution in [1.82, 2.24) is 0 Å². The molecule has 2 nitrogen and oxygen atoms in total. The lowest BCUT2D eigenvalue weighted by Crippen LogP contribution is -1.99. The molecule has 0 aliphatic heterocycles. The lowest BCUT2D eigenvalue weighted by molar-refractivity contribution is 0.0979. The van der Waals surface area contributed by atoms with Crippen LogP contribution in [-0.2, 0) is 6.42 Å². The molecule has 76 valence electrons. The molecule has 0 aromatic heterocycles. The zero-order valence-electron chi connectivity index (χ0n) is 8.71. The van der Waals surface area contributed by atoms with E-state index in [1.807, 2.05) is 19.9 Å². The number of hydrogen-bond donors (Lipinski definition) is 1. The fraction of sp³-hybridized carbons (Fsp3) is 0.417. The quantitative estimate of drug-likeness (QED) is 0.745. The minimum Gasteiger partial charge on any atom is -0.507 e. The predicted molar refractivity (Wildman–Crippen MR) is 56.7 cm³/mol. The van der Waals surface area contributed by atoms with Gasteiger partial charge in [0.15, 0.2) is 5.78 Å². The second-order valence-electron chi connectivity index (χ2n) is 3.38. The Bertz CT molecular complexity index is 329. The number of hydrogen-bond acceptors (Lipinski definition) is 2. The van der Waals surface area contributed by atoms with Gasteiger partial charge in [-0.2, -0.15) is 0 Å². The SMILES string of the molecule is CCCC(=O)c1cc(CC)ccc1O. The number of benzene rings is 1. The zero-order chi connectivity index (χ0) is 10.6. The summed E-state index contributed by atoms with van der Waals surface area (Å²) in [5.41, 5.74) is 1.55. The maximum Gasteiger partial charge on any atom is 0.166 e. The van der Waals surface area contributed by atoms with Gasteiger partial charge in [-0.15, -0.1) is 0 Å². The van der Waals surface area contributed by atoms with Gasteiger partial charge in [0.1, 0.15) is 5.75 Å². The smallest absolute Gasteiger partial charge is 0.166 e. The number of carbonyl (C=O) groups is 1. The Kier molecular flexibility index (Phi) is 3.69. The normalized spacial score (nSPS) is 10.1. The molecule has 0 bridgehead atoms. The standard InChI is InChI=1S/C12H16O2/c1-3-5-11(13)10-8-9(4-2)6-7-12(10)14/h6-8,14H,3-5H2,1-2H3. The second kappa shape index (κ2) is 4.80. The molecule has 0 saturated carbocycles. The molecule has 0 aliphatic carbocycles. The Labute approximate surface area is 84.6 Å². The fourth-order valence-electron chi connectivity index (χ4n) is 1.39. The molecule has 0 saturated heterocycles. The molecule has 0 aliphatic rings. The highest BCUT2D eigenvalue weighted by molar-refractivity contribution is 5.98. The average Bonchev–Trinajstić information content (AvgIpc) is 2.19. The molecule has 1 N–H and O–H groups in total. The van der Waals surface area contributed by atoms with E-state index < -0.39 is 0 Å². The third-order valence-corrected chi connectivity index (χ3v) is 2.25. The molecule has 1 rings (SSSR count). The van der Waals surface area contributed by atoms with Crippen LogP contribution in [-0.4, -0.2) is 10.9 Å². The summed E-state index contributed by atoms with van der Waals surface area (Å²) < 4.78 is 0. The van der Waals surface area contributed by atoms with Crippen LogP contribution in [0.2, 0.25) is 0 Å². The van der Waals surface area contributed by atoms with Crippen LogP contribution in [0.1, 0.15) is 42.6 Å². The van der Waals surface area contributed by atoms with E-state index in [1.54, 1.807) is 12.1 Å². The van der Waals surface area contributed by atoms with Gasteiger partial charge in [-0.1, -0.05) is 19.9 Å². The summed E-state index contributed by atoms with van der Waals surface area (Å²) in [5.74, 6) is 0.126. The molecule has 0 spiro atoms. The lowest BCUT2D eigenvalue weighted by Gasteiger charge is -2.04. The van der Waals surface area contributed by atoms with E-state index in [0.717, 1.165) is 18.4 Å². The van der Waals surface area contributed by atoms with Crippen molar-refractivity contribution in [3.63, 3.8) is 0 Å². The Morgan fingerprint density at radius 3 is 2.64 bits per heavy atom. The Hall–Kier alpha value is -1.31. The third kappa shape index (κ3) is 2.34. The van der Waals surface area contributed by atoms with Crippen molar-refractivity contribution in [2.24, 2.45) is 0 Å². The summed E-state index contributed by atoms with van der Waals surface area (Å²) >= 11 is 0. The van der Waals surface area contributed by atoms with Crippen molar-refractivity contribution < 1.29 is 9.90 Å². The van der Waals surface area contributed by atoms with Crippen molar-refractivity contribution >= 4 is 5.78 Å². The van der Waals surface area contributed by atoms with Crippen LogP contribution >= 0.6 is 0 Å². The highest BCUT2D eigenvalue weighted by Gasteiger charge is 2.10. The number of phenolic OH excluding ortho intramolecular Hbond substituents is 1. The van der Waals surface area contributed by atoms with Crippen molar-refractivity contribution in [2.75, 3.05) is 0 Å². The minimum absolute atomic E-state index is 0.0281. The maximum atomic E-state index is 11.6. The minimum atomic E-state index is 0.0281. The van der Waals surface area contributed by atoms with Crippen LogP contribution in [0, 0.1) is 0 Å². The molecule has 0 atom stereocenters. The molecular weight excluding hydrogens is 176 g/mol. The van der Waals surface area contributed by atoms with Crippen molar-refractivity contribution in [1.29, 1.82) is 0 Å². The average molecular weight is 192 g/mol. The summed E-state index contributed by atoms with van der Waals surface area (Å²) in [5, 5.41) is 9.51. The summed E-state index contributed by atoms with van der Waals surface area (Å²) in [6.07, 6.45) is 2.20. The zero-order valence-corrected chi connectivity index (χ0v) is 8.71. The molecule has 1 aromatic rings. The van der Waals surface area contributed by atoms with Gasteiger partial charge in [-0.05, 0) is 30.5 Å².